The molecule has 0 aliphatic heterocycles. The van der Waals surface area contributed by atoms with E-state index < -0.39 is 0 Å². The fourth-order valence-corrected chi connectivity index (χ4v) is 1.87. The van der Waals surface area contributed by atoms with E-state index in [2.05, 4.69) is 31.1 Å². The summed E-state index contributed by atoms with van der Waals surface area (Å²) in [4.78, 5) is 15.6. The number of carbonyl (C=O) groups excluding carboxylic acids is 1. The predicted octanol–water partition coefficient (Wildman–Crippen LogP) is 1.85. The molecule has 1 rings (SSSR count). The smallest absolute Gasteiger partial charge is 0.221 e. The highest BCUT2D eigenvalue weighted by atomic mass is 16.1. The lowest BCUT2D eigenvalue weighted by Gasteiger charge is -2.22. The first-order valence-electron chi connectivity index (χ1n) is 6.28. The molecule has 0 aromatic carbocycles. The van der Waals surface area contributed by atoms with Gasteiger partial charge in [-0.05, 0) is 29.5 Å². The molecule has 18 heavy (non-hydrogen) atoms. The molecule has 0 radical (unpaired) electrons. The van der Waals surface area contributed by atoms with Gasteiger partial charge in [0.25, 0.3) is 0 Å². The molecule has 1 aromatic heterocycles. The molecule has 0 bridgehead atoms. The molecule has 0 aliphatic carbocycles. The van der Waals surface area contributed by atoms with Crippen LogP contribution in [0, 0.1) is 5.41 Å². The quantitative estimate of drug-likeness (QED) is 0.837. The number of amides is 1. The van der Waals surface area contributed by atoms with Crippen LogP contribution in [0.2, 0.25) is 0 Å². The maximum Gasteiger partial charge on any atom is 0.221 e. The monoisotopic (exact) mass is 249 g/mol. The van der Waals surface area contributed by atoms with Gasteiger partial charge in [-0.3, -0.25) is 9.78 Å². The minimum Gasteiger partial charge on any atom is -0.352 e. The third kappa shape index (κ3) is 6.35. The molecule has 0 spiro atoms. The Morgan fingerprint density at radius 2 is 2.00 bits per heavy atom. The number of nitrogens with zero attached hydrogens (tertiary/aromatic N) is 1. The molecule has 100 valence electrons. The molecule has 4 nitrogen and oxygen atoms in total. The van der Waals surface area contributed by atoms with Gasteiger partial charge in [0.2, 0.25) is 5.91 Å². The van der Waals surface area contributed by atoms with Crippen molar-refractivity contribution in [3.8, 4) is 0 Å². The summed E-state index contributed by atoms with van der Waals surface area (Å²) in [6, 6.07) is 3.69. The maximum absolute atomic E-state index is 11.7. The second kappa shape index (κ2) is 6.50. The minimum absolute atomic E-state index is 0.00330. The summed E-state index contributed by atoms with van der Waals surface area (Å²) in [5.41, 5.74) is 7.16. The molecule has 0 fully saturated rings. The summed E-state index contributed by atoms with van der Waals surface area (Å²) in [5.74, 6) is 0.00330. The van der Waals surface area contributed by atoms with E-state index in [4.69, 9.17) is 5.73 Å². The summed E-state index contributed by atoms with van der Waals surface area (Å²) >= 11 is 0. The van der Waals surface area contributed by atoms with Gasteiger partial charge in [-0.2, -0.15) is 0 Å². The molecule has 1 heterocycles. The second-order valence-electron chi connectivity index (χ2n) is 5.86. The average molecular weight is 249 g/mol. The number of nitrogens with one attached hydrogen (secondary N) is 1. The van der Waals surface area contributed by atoms with Crippen molar-refractivity contribution in [2.45, 2.75) is 46.2 Å². The van der Waals surface area contributed by atoms with Gasteiger partial charge in [0, 0.05) is 31.4 Å². The van der Waals surface area contributed by atoms with E-state index in [9.17, 15) is 4.79 Å². The van der Waals surface area contributed by atoms with Crippen molar-refractivity contribution in [1.82, 2.24) is 10.3 Å². The molecular weight excluding hydrogens is 226 g/mol. The van der Waals surface area contributed by atoms with Crippen LogP contribution in [0.3, 0.4) is 0 Å². The summed E-state index contributed by atoms with van der Waals surface area (Å²) in [5, 5.41) is 2.87. The second-order valence-corrected chi connectivity index (χ2v) is 5.86. The fourth-order valence-electron chi connectivity index (χ4n) is 1.87. The molecule has 3 N–H and O–H groups in total. The van der Waals surface area contributed by atoms with Gasteiger partial charge in [0.05, 0.1) is 0 Å². The fraction of sp³-hybridized carbons (Fsp3) is 0.571. The van der Waals surface area contributed by atoms with Gasteiger partial charge >= 0.3 is 0 Å². The topological polar surface area (TPSA) is 68.0 Å². The summed E-state index contributed by atoms with van der Waals surface area (Å²) in [6.07, 6.45) is 4.65. The predicted molar refractivity (Wildman–Crippen MR) is 72.7 cm³/mol. The Balaban J connectivity index is 2.30. The van der Waals surface area contributed by atoms with Gasteiger partial charge < -0.3 is 11.1 Å². The van der Waals surface area contributed by atoms with Gasteiger partial charge in [0.1, 0.15) is 0 Å². The number of carbonyl (C=O) groups is 1. The average Bonchev–Trinajstić information content (AvgIpc) is 2.25. The van der Waals surface area contributed by atoms with Crippen molar-refractivity contribution in [2.24, 2.45) is 11.1 Å². The van der Waals surface area contributed by atoms with Gasteiger partial charge in [-0.1, -0.05) is 20.8 Å². The van der Waals surface area contributed by atoms with Crippen LogP contribution in [-0.2, 0) is 11.3 Å². The number of hydrogen-bond donors (Lipinski definition) is 2. The van der Waals surface area contributed by atoms with Crippen LogP contribution in [-0.4, -0.2) is 16.9 Å². The Kier molecular flexibility index (Phi) is 5.28. The van der Waals surface area contributed by atoms with Crippen LogP contribution in [0.15, 0.2) is 24.5 Å². The zero-order chi connectivity index (χ0) is 13.6. The third-order valence-electron chi connectivity index (χ3n) is 2.56. The van der Waals surface area contributed by atoms with Crippen molar-refractivity contribution in [2.75, 3.05) is 0 Å². The van der Waals surface area contributed by atoms with Crippen LogP contribution >= 0.6 is 0 Å². The van der Waals surface area contributed by atoms with Gasteiger partial charge in [-0.15, -0.1) is 0 Å². The maximum atomic E-state index is 11.7. The van der Waals surface area contributed by atoms with Crippen molar-refractivity contribution in [3.05, 3.63) is 30.1 Å². The molecule has 1 atom stereocenters. The third-order valence-corrected chi connectivity index (χ3v) is 2.56. The standard InChI is InChI=1S/C14H23N3O/c1-14(2,3)9-12(15)8-13(18)17-10-11-4-6-16-7-5-11/h4-7,12H,8-10,15H2,1-3H3,(H,17,18). The van der Waals surface area contributed by atoms with Crippen LogP contribution in [0.1, 0.15) is 39.2 Å². The van der Waals surface area contributed by atoms with Crippen molar-refractivity contribution in [1.29, 1.82) is 0 Å². The zero-order valence-electron chi connectivity index (χ0n) is 11.4. The van der Waals surface area contributed by atoms with E-state index in [0.717, 1.165) is 12.0 Å². The summed E-state index contributed by atoms with van der Waals surface area (Å²) < 4.78 is 0. The highest BCUT2D eigenvalue weighted by Gasteiger charge is 2.17. The lowest BCUT2D eigenvalue weighted by atomic mass is 9.87. The number of pyridine rings is 1. The van der Waals surface area contributed by atoms with Crippen LogP contribution in [0.25, 0.3) is 0 Å². The first kappa shape index (κ1) is 14.6. The number of aromatic nitrogens is 1. The van der Waals surface area contributed by atoms with E-state index in [1.807, 2.05) is 12.1 Å². The lowest BCUT2D eigenvalue weighted by Crippen LogP contribution is -2.33. The SMILES string of the molecule is CC(C)(C)CC(N)CC(=O)NCc1ccncc1. The largest absolute Gasteiger partial charge is 0.352 e. The minimum atomic E-state index is -0.0811. The van der Waals surface area contributed by atoms with Crippen LogP contribution in [0.4, 0.5) is 0 Å². The van der Waals surface area contributed by atoms with E-state index in [-0.39, 0.29) is 17.4 Å². The zero-order valence-corrected chi connectivity index (χ0v) is 11.4. The molecule has 1 aromatic rings. The Labute approximate surface area is 109 Å². The molecule has 1 unspecified atom stereocenters. The van der Waals surface area contributed by atoms with Crippen LogP contribution < -0.4 is 11.1 Å². The van der Waals surface area contributed by atoms with Crippen molar-refractivity contribution in [3.63, 3.8) is 0 Å². The number of rotatable bonds is 5. The van der Waals surface area contributed by atoms with Crippen molar-refractivity contribution >= 4 is 5.91 Å². The lowest BCUT2D eigenvalue weighted by molar-refractivity contribution is -0.121. The molecular formula is C14H23N3O. The van der Waals surface area contributed by atoms with E-state index in [0.29, 0.717) is 13.0 Å². The Hall–Kier alpha value is -1.42. The van der Waals surface area contributed by atoms with Gasteiger partial charge in [-0.25, -0.2) is 0 Å². The summed E-state index contributed by atoms with van der Waals surface area (Å²) in [7, 11) is 0. The highest BCUT2D eigenvalue weighted by Crippen LogP contribution is 2.20. The van der Waals surface area contributed by atoms with Crippen molar-refractivity contribution < 1.29 is 4.79 Å². The first-order chi connectivity index (χ1) is 8.37. The normalized spacial score (nSPS) is 13.1. The Morgan fingerprint density at radius 3 is 2.56 bits per heavy atom. The van der Waals surface area contributed by atoms with E-state index in [1.165, 1.54) is 0 Å². The molecule has 1 amide bonds. The number of hydrogen-bond acceptors (Lipinski definition) is 3. The first-order valence-corrected chi connectivity index (χ1v) is 6.28. The molecule has 4 heteroatoms. The Morgan fingerprint density at radius 1 is 1.39 bits per heavy atom. The van der Waals surface area contributed by atoms with E-state index >= 15 is 0 Å². The number of nitrogens with two attached hydrogens (primary N) is 1. The molecule has 0 aliphatic rings. The molecule has 0 saturated heterocycles. The molecule has 0 saturated carbocycles. The Bertz CT molecular complexity index is 370. The van der Waals surface area contributed by atoms with Gasteiger partial charge in [0.15, 0.2) is 0 Å². The summed E-state index contributed by atoms with van der Waals surface area (Å²) in [6.45, 7) is 6.91. The van der Waals surface area contributed by atoms with Crippen LogP contribution in [0.5, 0.6) is 0 Å². The highest BCUT2D eigenvalue weighted by molar-refractivity contribution is 5.76. The van der Waals surface area contributed by atoms with E-state index in [1.54, 1.807) is 12.4 Å².